The molecule has 10 nitrogen and oxygen atoms in total. The second-order valence-corrected chi connectivity index (χ2v) is 9.06. The van der Waals surface area contributed by atoms with E-state index in [-0.39, 0.29) is 30.8 Å². The lowest BCUT2D eigenvalue weighted by atomic mass is 9.92. The summed E-state index contributed by atoms with van der Waals surface area (Å²) in [7, 11) is 1.65. The Hall–Kier alpha value is -3.43. The smallest absolute Gasteiger partial charge is 0.249 e. The molecule has 1 saturated heterocycles. The molecule has 1 aliphatic heterocycles. The Morgan fingerprint density at radius 2 is 1.68 bits per heavy atom. The van der Waals surface area contributed by atoms with Gasteiger partial charge in [-0.2, -0.15) is 0 Å². The molecule has 0 aliphatic carbocycles. The van der Waals surface area contributed by atoms with Gasteiger partial charge in [0.1, 0.15) is 11.6 Å². The average molecular weight is 474 g/mol. The van der Waals surface area contributed by atoms with Crippen molar-refractivity contribution in [2.45, 2.75) is 51.6 Å². The minimum atomic E-state index is -1.22. The number of carbonyl (C=O) groups is 5. The average Bonchev–Trinajstić information content (AvgIpc) is 2.81. The summed E-state index contributed by atoms with van der Waals surface area (Å²) in [6, 6.07) is 8.00. The summed E-state index contributed by atoms with van der Waals surface area (Å²) in [6.45, 7) is 4.80. The molecule has 34 heavy (non-hydrogen) atoms. The summed E-state index contributed by atoms with van der Waals surface area (Å²) >= 11 is 0. The van der Waals surface area contributed by atoms with Crippen molar-refractivity contribution in [3.8, 4) is 0 Å². The molecule has 0 radical (unpaired) electrons. The van der Waals surface area contributed by atoms with Crippen LogP contribution < -0.4 is 21.3 Å². The van der Waals surface area contributed by atoms with Crippen molar-refractivity contribution in [2.75, 3.05) is 26.7 Å². The van der Waals surface area contributed by atoms with Crippen LogP contribution in [0.4, 0.5) is 0 Å². The van der Waals surface area contributed by atoms with Crippen LogP contribution in [0, 0.1) is 5.92 Å². The van der Waals surface area contributed by atoms with Crippen LogP contribution in [0.15, 0.2) is 30.3 Å². The zero-order chi connectivity index (χ0) is 25.3. The molecule has 1 unspecified atom stereocenters. The van der Waals surface area contributed by atoms with Gasteiger partial charge in [0.15, 0.2) is 0 Å². The molecule has 4 N–H and O–H groups in total. The molecule has 0 spiro atoms. The van der Waals surface area contributed by atoms with Crippen LogP contribution in [0.2, 0.25) is 0 Å². The molecule has 186 valence electrons. The Morgan fingerprint density at radius 1 is 1.03 bits per heavy atom. The number of hydrogen-bond acceptors (Lipinski definition) is 5. The van der Waals surface area contributed by atoms with Gasteiger partial charge >= 0.3 is 0 Å². The standard InChI is InChI=1S/C24H35N5O5/c1-16(2)21(32)28-24(3)12-8-9-13-29(4)22(33)20(17-10-6-5-7-11-17)27-19(31)15-25-18(30)14-26-23(24)34/h5-7,10-11,16,20H,8-9,12-15H2,1-4H3,(H,25,30)(H,26,34)(H,27,31)(H,28,32)/t20?,24-/m1/s1. The van der Waals surface area contributed by atoms with E-state index in [1.807, 2.05) is 6.07 Å². The van der Waals surface area contributed by atoms with Crippen LogP contribution in [-0.2, 0) is 24.0 Å². The predicted octanol–water partition coefficient (Wildman–Crippen LogP) is 0.250. The Bertz CT molecular complexity index is 904. The van der Waals surface area contributed by atoms with E-state index >= 15 is 0 Å². The number of benzene rings is 1. The van der Waals surface area contributed by atoms with E-state index in [4.69, 9.17) is 0 Å². The minimum Gasteiger partial charge on any atom is -0.346 e. The van der Waals surface area contributed by atoms with Gasteiger partial charge < -0.3 is 26.2 Å². The fourth-order valence-corrected chi connectivity index (χ4v) is 3.55. The van der Waals surface area contributed by atoms with Crippen LogP contribution >= 0.6 is 0 Å². The van der Waals surface area contributed by atoms with E-state index in [1.165, 1.54) is 4.90 Å². The number of nitrogens with zero attached hydrogens (tertiary/aromatic N) is 1. The first-order valence-corrected chi connectivity index (χ1v) is 11.5. The lowest BCUT2D eigenvalue weighted by Gasteiger charge is -2.31. The molecule has 2 atom stereocenters. The lowest BCUT2D eigenvalue weighted by molar-refractivity contribution is -0.136. The Morgan fingerprint density at radius 3 is 2.32 bits per heavy atom. The third-order valence-corrected chi connectivity index (χ3v) is 5.76. The van der Waals surface area contributed by atoms with Crippen molar-refractivity contribution in [3.05, 3.63) is 35.9 Å². The Kier molecular flexibility index (Phi) is 9.58. The molecule has 2 rings (SSSR count). The second kappa shape index (κ2) is 12.2. The first-order valence-electron chi connectivity index (χ1n) is 11.5. The van der Waals surface area contributed by atoms with Gasteiger partial charge in [0, 0.05) is 19.5 Å². The summed E-state index contributed by atoms with van der Waals surface area (Å²) in [5, 5.41) is 10.5. The molecule has 10 heteroatoms. The summed E-state index contributed by atoms with van der Waals surface area (Å²) in [4.78, 5) is 64.6. The lowest BCUT2D eigenvalue weighted by Crippen LogP contribution is -2.58. The molecule has 0 aromatic heterocycles. The van der Waals surface area contributed by atoms with Gasteiger partial charge in [-0.25, -0.2) is 0 Å². The van der Waals surface area contributed by atoms with Crippen LogP contribution in [-0.4, -0.2) is 66.7 Å². The molecular formula is C24H35N5O5. The van der Waals surface area contributed by atoms with E-state index in [0.717, 1.165) is 0 Å². The van der Waals surface area contributed by atoms with Crippen molar-refractivity contribution >= 4 is 29.5 Å². The van der Waals surface area contributed by atoms with Crippen LogP contribution in [0.1, 0.15) is 51.6 Å². The molecule has 1 fully saturated rings. The minimum absolute atomic E-state index is 0.272. The summed E-state index contributed by atoms with van der Waals surface area (Å²) in [6.07, 6.45) is 1.47. The maximum absolute atomic E-state index is 13.2. The van der Waals surface area contributed by atoms with Crippen molar-refractivity contribution in [3.63, 3.8) is 0 Å². The highest BCUT2D eigenvalue weighted by atomic mass is 16.2. The zero-order valence-corrected chi connectivity index (χ0v) is 20.3. The maximum atomic E-state index is 13.2. The highest BCUT2D eigenvalue weighted by Crippen LogP contribution is 2.18. The number of carbonyl (C=O) groups excluding carboxylic acids is 5. The Labute approximate surface area is 200 Å². The van der Waals surface area contributed by atoms with Gasteiger partial charge in [0.05, 0.1) is 13.1 Å². The van der Waals surface area contributed by atoms with Crippen molar-refractivity contribution in [2.24, 2.45) is 5.92 Å². The molecular weight excluding hydrogens is 438 g/mol. The normalized spacial score (nSPS) is 23.7. The largest absolute Gasteiger partial charge is 0.346 e. The topological polar surface area (TPSA) is 137 Å². The van der Waals surface area contributed by atoms with Crippen LogP contribution in [0.5, 0.6) is 0 Å². The third kappa shape index (κ3) is 7.57. The van der Waals surface area contributed by atoms with E-state index in [2.05, 4.69) is 21.3 Å². The highest BCUT2D eigenvalue weighted by Gasteiger charge is 2.35. The van der Waals surface area contributed by atoms with E-state index in [9.17, 15) is 24.0 Å². The molecule has 0 saturated carbocycles. The summed E-state index contributed by atoms with van der Waals surface area (Å²) < 4.78 is 0. The third-order valence-electron chi connectivity index (χ3n) is 5.76. The van der Waals surface area contributed by atoms with Crippen molar-refractivity contribution in [1.82, 2.24) is 26.2 Å². The number of nitrogens with one attached hydrogen (secondary N) is 4. The van der Waals surface area contributed by atoms with Crippen molar-refractivity contribution in [1.29, 1.82) is 0 Å². The molecule has 1 aromatic carbocycles. The molecule has 5 amide bonds. The quantitative estimate of drug-likeness (QED) is 0.499. The van der Waals surface area contributed by atoms with Gasteiger partial charge in [-0.15, -0.1) is 0 Å². The molecule has 1 heterocycles. The van der Waals surface area contributed by atoms with E-state index < -0.39 is 29.3 Å². The van der Waals surface area contributed by atoms with E-state index in [0.29, 0.717) is 31.4 Å². The monoisotopic (exact) mass is 473 g/mol. The fraction of sp³-hybridized carbons (Fsp3) is 0.542. The SMILES string of the molecule is CC(C)C(=O)N[C@]1(C)CCCCN(C)C(=O)C(c2ccccc2)NC(=O)CNC(=O)CNC1=O. The second-order valence-electron chi connectivity index (χ2n) is 9.06. The summed E-state index contributed by atoms with van der Waals surface area (Å²) in [5.41, 5.74) is -0.581. The predicted molar refractivity (Wildman–Crippen MR) is 126 cm³/mol. The van der Waals surface area contributed by atoms with Gasteiger partial charge in [0.25, 0.3) is 0 Å². The zero-order valence-electron chi connectivity index (χ0n) is 20.3. The number of amides is 5. The van der Waals surface area contributed by atoms with Gasteiger partial charge in [-0.05, 0) is 31.7 Å². The molecule has 1 aliphatic rings. The first kappa shape index (κ1) is 26.8. The van der Waals surface area contributed by atoms with Gasteiger partial charge in [-0.3, -0.25) is 24.0 Å². The van der Waals surface area contributed by atoms with Crippen LogP contribution in [0.3, 0.4) is 0 Å². The number of likely N-dealkylation sites (N-methyl/N-ethyl adjacent to an activating group) is 1. The number of rotatable bonds is 3. The molecule has 0 bridgehead atoms. The highest BCUT2D eigenvalue weighted by molar-refractivity contribution is 5.95. The first-order chi connectivity index (χ1) is 16.0. The maximum Gasteiger partial charge on any atom is 0.249 e. The number of hydrogen-bond donors (Lipinski definition) is 4. The van der Waals surface area contributed by atoms with Gasteiger partial charge in [-0.1, -0.05) is 44.2 Å². The molecule has 1 aromatic rings. The van der Waals surface area contributed by atoms with Crippen molar-refractivity contribution < 1.29 is 24.0 Å². The summed E-state index contributed by atoms with van der Waals surface area (Å²) in [5.74, 6) is -2.45. The fourth-order valence-electron chi connectivity index (χ4n) is 3.55. The Balaban J connectivity index is 2.23. The van der Waals surface area contributed by atoms with Crippen LogP contribution in [0.25, 0.3) is 0 Å². The van der Waals surface area contributed by atoms with Gasteiger partial charge in [0.2, 0.25) is 29.5 Å². The van der Waals surface area contributed by atoms with E-state index in [1.54, 1.807) is 52.1 Å².